The minimum absolute atomic E-state index is 0.0217. The molecule has 1 aromatic heterocycles. The molecule has 1 aliphatic rings. The Labute approximate surface area is 166 Å². The molecule has 0 radical (unpaired) electrons. The van der Waals surface area contributed by atoms with E-state index in [1.165, 1.54) is 18.4 Å². The Kier molecular flexibility index (Phi) is 6.85. The van der Waals surface area contributed by atoms with E-state index in [9.17, 15) is 9.59 Å². The van der Waals surface area contributed by atoms with Crippen LogP contribution in [0.3, 0.4) is 0 Å². The Hall–Kier alpha value is -2.63. The van der Waals surface area contributed by atoms with Crippen molar-refractivity contribution in [1.29, 1.82) is 0 Å². The topological polar surface area (TPSA) is 67.2 Å². The largest absolute Gasteiger partial charge is 0.356 e. The predicted octanol–water partition coefficient (Wildman–Crippen LogP) is 3.09. The summed E-state index contributed by atoms with van der Waals surface area (Å²) < 4.78 is 1.88. The Morgan fingerprint density at radius 2 is 2.04 bits per heavy atom. The van der Waals surface area contributed by atoms with Gasteiger partial charge in [-0.3, -0.25) is 14.3 Å². The maximum Gasteiger partial charge on any atom is 0.227 e. The summed E-state index contributed by atoms with van der Waals surface area (Å²) in [6.07, 6.45) is 8.32. The van der Waals surface area contributed by atoms with E-state index < -0.39 is 0 Å². The van der Waals surface area contributed by atoms with Crippen LogP contribution in [0.2, 0.25) is 0 Å². The highest BCUT2D eigenvalue weighted by Gasteiger charge is 2.34. The van der Waals surface area contributed by atoms with Crippen LogP contribution in [0.1, 0.15) is 43.7 Å². The van der Waals surface area contributed by atoms with Crippen molar-refractivity contribution in [3.63, 3.8) is 0 Å². The molecule has 6 nitrogen and oxygen atoms in total. The molecule has 1 atom stereocenters. The van der Waals surface area contributed by atoms with E-state index >= 15 is 0 Å². The van der Waals surface area contributed by atoms with Gasteiger partial charge in [0.2, 0.25) is 11.8 Å². The van der Waals surface area contributed by atoms with Gasteiger partial charge in [-0.15, -0.1) is 0 Å². The average Bonchev–Trinajstić information content (AvgIpc) is 3.29. The van der Waals surface area contributed by atoms with Crippen molar-refractivity contribution in [3.05, 3.63) is 47.8 Å². The van der Waals surface area contributed by atoms with Crippen LogP contribution >= 0.6 is 0 Å². The van der Waals surface area contributed by atoms with Crippen molar-refractivity contribution in [3.8, 4) is 0 Å². The molecule has 0 spiro atoms. The summed E-state index contributed by atoms with van der Waals surface area (Å²) in [6.45, 7) is 6.01. The normalized spacial score (nSPS) is 16.6. The standard InChI is InChI=1S/C22H30N4O2/c1-3-4-6-18-7-9-20(10-8-18)26-16-19(13-21(26)27)22(28)23-11-5-12-25-15-17(2)14-24-25/h7-10,14-15,19H,3-6,11-13,16H2,1-2H3,(H,23,28). The van der Waals surface area contributed by atoms with E-state index in [0.29, 0.717) is 13.1 Å². The molecule has 1 N–H and O–H groups in total. The Morgan fingerprint density at radius 3 is 2.71 bits per heavy atom. The lowest BCUT2D eigenvalue weighted by Gasteiger charge is -2.17. The van der Waals surface area contributed by atoms with Crippen LogP contribution in [0.4, 0.5) is 5.69 Å². The molecular weight excluding hydrogens is 352 g/mol. The Bertz CT molecular complexity index is 797. The molecule has 3 rings (SSSR count). The van der Waals surface area contributed by atoms with Crippen molar-refractivity contribution in [2.45, 2.75) is 52.5 Å². The van der Waals surface area contributed by atoms with E-state index in [4.69, 9.17) is 0 Å². The number of aryl methyl sites for hydroxylation is 3. The third-order valence-electron chi connectivity index (χ3n) is 5.19. The van der Waals surface area contributed by atoms with Gasteiger partial charge in [0.25, 0.3) is 0 Å². The summed E-state index contributed by atoms with van der Waals surface area (Å²) in [6, 6.07) is 8.16. The molecule has 2 amide bonds. The number of unbranched alkanes of at least 4 members (excludes halogenated alkanes) is 1. The van der Waals surface area contributed by atoms with E-state index in [1.54, 1.807) is 4.90 Å². The molecule has 2 heterocycles. The minimum atomic E-state index is -0.279. The first-order valence-corrected chi connectivity index (χ1v) is 10.2. The first kappa shape index (κ1) is 20.1. The molecule has 1 unspecified atom stereocenters. The average molecular weight is 383 g/mol. The summed E-state index contributed by atoms with van der Waals surface area (Å²) in [5.74, 6) is -0.292. The monoisotopic (exact) mass is 382 g/mol. The number of rotatable bonds is 9. The third-order valence-corrected chi connectivity index (χ3v) is 5.19. The highest BCUT2D eigenvalue weighted by molar-refractivity contribution is 6.00. The number of nitrogens with zero attached hydrogens (tertiary/aromatic N) is 3. The fraction of sp³-hybridized carbons (Fsp3) is 0.500. The van der Waals surface area contributed by atoms with Gasteiger partial charge in [-0.05, 0) is 49.4 Å². The smallest absolute Gasteiger partial charge is 0.227 e. The zero-order chi connectivity index (χ0) is 19.9. The van der Waals surface area contributed by atoms with E-state index in [0.717, 1.165) is 30.6 Å². The van der Waals surface area contributed by atoms with E-state index in [-0.39, 0.29) is 24.2 Å². The van der Waals surface area contributed by atoms with Crippen LogP contribution in [-0.4, -0.2) is 34.7 Å². The predicted molar refractivity (Wildman–Crippen MR) is 110 cm³/mol. The van der Waals surface area contributed by atoms with Gasteiger partial charge in [0, 0.05) is 37.9 Å². The minimum Gasteiger partial charge on any atom is -0.356 e. The highest BCUT2D eigenvalue weighted by atomic mass is 16.2. The number of carbonyl (C=O) groups is 2. The maximum absolute atomic E-state index is 12.4. The Balaban J connectivity index is 1.45. The molecule has 2 aromatic rings. The molecule has 1 aliphatic heterocycles. The zero-order valence-electron chi connectivity index (χ0n) is 16.9. The molecule has 0 saturated carbocycles. The van der Waals surface area contributed by atoms with Gasteiger partial charge in [0.1, 0.15) is 0 Å². The zero-order valence-corrected chi connectivity index (χ0v) is 16.9. The second kappa shape index (κ2) is 9.53. The van der Waals surface area contributed by atoms with Gasteiger partial charge in [0.05, 0.1) is 12.1 Å². The number of hydrogen-bond donors (Lipinski definition) is 1. The molecule has 1 aromatic carbocycles. The van der Waals surface area contributed by atoms with E-state index in [2.05, 4.69) is 29.5 Å². The molecule has 0 bridgehead atoms. The number of amides is 2. The van der Waals surface area contributed by atoms with Crippen molar-refractivity contribution in [1.82, 2.24) is 15.1 Å². The number of carbonyl (C=O) groups excluding carboxylic acids is 2. The quantitative estimate of drug-likeness (QED) is 0.678. The number of hydrogen-bond acceptors (Lipinski definition) is 3. The van der Waals surface area contributed by atoms with Gasteiger partial charge in [-0.2, -0.15) is 5.10 Å². The molecule has 1 fully saturated rings. The first-order chi connectivity index (χ1) is 13.6. The van der Waals surface area contributed by atoms with Crippen molar-refractivity contribution in [2.75, 3.05) is 18.0 Å². The summed E-state index contributed by atoms with van der Waals surface area (Å²) in [4.78, 5) is 26.6. The van der Waals surface area contributed by atoms with Crippen LogP contribution in [0.5, 0.6) is 0 Å². The molecule has 28 heavy (non-hydrogen) atoms. The lowest BCUT2D eigenvalue weighted by Crippen LogP contribution is -2.33. The van der Waals surface area contributed by atoms with Crippen molar-refractivity contribution >= 4 is 17.5 Å². The molecule has 150 valence electrons. The van der Waals surface area contributed by atoms with Crippen LogP contribution in [0, 0.1) is 12.8 Å². The lowest BCUT2D eigenvalue weighted by atomic mass is 10.1. The van der Waals surface area contributed by atoms with Gasteiger partial charge < -0.3 is 10.2 Å². The molecule has 0 aliphatic carbocycles. The van der Waals surface area contributed by atoms with Crippen LogP contribution in [-0.2, 0) is 22.6 Å². The molecular formula is C22H30N4O2. The fourth-order valence-corrected chi connectivity index (χ4v) is 3.54. The molecule has 1 saturated heterocycles. The van der Waals surface area contributed by atoms with Gasteiger partial charge in [0.15, 0.2) is 0 Å². The SMILES string of the molecule is CCCCc1ccc(N2CC(C(=O)NCCCn3cc(C)cn3)CC2=O)cc1. The van der Waals surface area contributed by atoms with Crippen LogP contribution < -0.4 is 10.2 Å². The van der Waals surface area contributed by atoms with Crippen molar-refractivity contribution in [2.24, 2.45) is 5.92 Å². The molecule has 6 heteroatoms. The van der Waals surface area contributed by atoms with Crippen LogP contribution in [0.25, 0.3) is 0 Å². The third kappa shape index (κ3) is 5.21. The second-order valence-corrected chi connectivity index (χ2v) is 7.60. The highest BCUT2D eigenvalue weighted by Crippen LogP contribution is 2.25. The van der Waals surface area contributed by atoms with Gasteiger partial charge in [-0.25, -0.2) is 0 Å². The van der Waals surface area contributed by atoms with E-state index in [1.807, 2.05) is 36.1 Å². The first-order valence-electron chi connectivity index (χ1n) is 10.2. The fourth-order valence-electron chi connectivity index (χ4n) is 3.54. The number of benzene rings is 1. The summed E-state index contributed by atoms with van der Waals surface area (Å²) >= 11 is 0. The summed E-state index contributed by atoms with van der Waals surface area (Å²) in [5, 5.41) is 7.21. The summed E-state index contributed by atoms with van der Waals surface area (Å²) in [5.41, 5.74) is 3.31. The number of anilines is 1. The van der Waals surface area contributed by atoms with Crippen molar-refractivity contribution < 1.29 is 9.59 Å². The number of aromatic nitrogens is 2. The van der Waals surface area contributed by atoms with Crippen LogP contribution in [0.15, 0.2) is 36.7 Å². The lowest BCUT2D eigenvalue weighted by molar-refractivity contribution is -0.126. The maximum atomic E-state index is 12.4. The van der Waals surface area contributed by atoms with Gasteiger partial charge in [-0.1, -0.05) is 25.5 Å². The Morgan fingerprint density at radius 1 is 1.25 bits per heavy atom. The summed E-state index contributed by atoms with van der Waals surface area (Å²) in [7, 11) is 0. The number of nitrogens with one attached hydrogen (secondary N) is 1. The second-order valence-electron chi connectivity index (χ2n) is 7.60. The van der Waals surface area contributed by atoms with Gasteiger partial charge >= 0.3 is 0 Å².